The van der Waals surface area contributed by atoms with Gasteiger partial charge in [-0.25, -0.2) is 0 Å². The lowest BCUT2D eigenvalue weighted by Crippen LogP contribution is -2.53. The molecule has 2 atom stereocenters. The van der Waals surface area contributed by atoms with Gasteiger partial charge < -0.3 is 15.0 Å². The molecule has 1 aliphatic heterocycles. The second-order valence-corrected chi connectivity index (χ2v) is 4.61. The van der Waals surface area contributed by atoms with Crippen molar-refractivity contribution in [1.29, 1.82) is 0 Å². The number of nitrogens with one attached hydrogen (secondary N) is 1. The van der Waals surface area contributed by atoms with Crippen molar-refractivity contribution in [2.45, 2.75) is 19.1 Å². The number of nitrogens with zero attached hydrogens (tertiary/aromatic N) is 1. The van der Waals surface area contributed by atoms with Gasteiger partial charge in [-0.05, 0) is 12.5 Å². The monoisotopic (exact) mass is 248 g/mol. The Morgan fingerprint density at radius 2 is 2.17 bits per heavy atom. The number of hydrogen-bond acceptors (Lipinski definition) is 3. The van der Waals surface area contributed by atoms with Gasteiger partial charge in [0.1, 0.15) is 0 Å². The van der Waals surface area contributed by atoms with E-state index >= 15 is 0 Å². The molecule has 98 valence electrons. The fourth-order valence-corrected chi connectivity index (χ4v) is 2.33. The van der Waals surface area contributed by atoms with E-state index in [1.54, 1.807) is 7.11 Å². The molecule has 1 aliphatic rings. The number of methoxy groups -OCH3 is 1. The van der Waals surface area contributed by atoms with Crippen molar-refractivity contribution in [1.82, 2.24) is 10.2 Å². The molecule has 18 heavy (non-hydrogen) atoms. The number of ether oxygens (including phenoxy) is 1. The van der Waals surface area contributed by atoms with Crippen LogP contribution in [0.25, 0.3) is 0 Å². The van der Waals surface area contributed by atoms with E-state index in [9.17, 15) is 4.79 Å². The van der Waals surface area contributed by atoms with Gasteiger partial charge in [-0.3, -0.25) is 4.79 Å². The molecule has 2 rings (SSSR count). The summed E-state index contributed by atoms with van der Waals surface area (Å²) in [6.45, 7) is 4.49. The molecule has 0 spiro atoms. The molecule has 0 aliphatic carbocycles. The molecular weight excluding hydrogens is 228 g/mol. The van der Waals surface area contributed by atoms with Crippen LogP contribution in [0.3, 0.4) is 0 Å². The van der Waals surface area contributed by atoms with E-state index < -0.39 is 6.10 Å². The van der Waals surface area contributed by atoms with Crippen molar-refractivity contribution >= 4 is 5.91 Å². The maximum absolute atomic E-state index is 12.5. The van der Waals surface area contributed by atoms with Gasteiger partial charge >= 0.3 is 0 Å². The van der Waals surface area contributed by atoms with Crippen LogP contribution < -0.4 is 5.32 Å². The first-order chi connectivity index (χ1) is 8.74. The molecule has 0 bridgehead atoms. The van der Waals surface area contributed by atoms with E-state index in [4.69, 9.17) is 4.74 Å². The van der Waals surface area contributed by atoms with Crippen molar-refractivity contribution in [2.75, 3.05) is 26.7 Å². The largest absolute Gasteiger partial charge is 0.367 e. The fraction of sp³-hybridized carbons (Fsp3) is 0.500. The Bertz CT molecular complexity index is 394. The Labute approximate surface area is 108 Å². The summed E-state index contributed by atoms with van der Waals surface area (Å²) in [5, 5.41) is 3.28. The average molecular weight is 248 g/mol. The zero-order chi connectivity index (χ0) is 13.0. The SMILES string of the molecule is COC(C(=O)N1CCNC[C@@H]1C)c1ccccc1. The van der Waals surface area contributed by atoms with Crippen LogP contribution in [0.1, 0.15) is 18.6 Å². The number of rotatable bonds is 3. The maximum atomic E-state index is 12.5. The number of benzene rings is 1. The summed E-state index contributed by atoms with van der Waals surface area (Å²) in [5.74, 6) is 0.0534. The zero-order valence-corrected chi connectivity index (χ0v) is 10.9. The van der Waals surface area contributed by atoms with Gasteiger partial charge in [-0.1, -0.05) is 30.3 Å². The van der Waals surface area contributed by atoms with Gasteiger partial charge in [-0.15, -0.1) is 0 Å². The van der Waals surface area contributed by atoms with Crippen LogP contribution >= 0.6 is 0 Å². The molecule has 0 aromatic heterocycles. The smallest absolute Gasteiger partial charge is 0.256 e. The molecule has 1 aromatic carbocycles. The summed E-state index contributed by atoms with van der Waals surface area (Å²) in [4.78, 5) is 14.4. The molecule has 0 radical (unpaired) electrons. The molecule has 4 nitrogen and oxygen atoms in total. The first-order valence-electron chi connectivity index (χ1n) is 6.33. The highest BCUT2D eigenvalue weighted by atomic mass is 16.5. The minimum absolute atomic E-state index is 0.0534. The summed E-state index contributed by atoms with van der Waals surface area (Å²) >= 11 is 0. The Morgan fingerprint density at radius 3 is 2.78 bits per heavy atom. The predicted octanol–water partition coefficient (Wildman–Crippen LogP) is 1.19. The van der Waals surface area contributed by atoms with Gasteiger partial charge in [-0.2, -0.15) is 0 Å². The van der Waals surface area contributed by atoms with E-state index in [0.29, 0.717) is 0 Å². The Balaban J connectivity index is 2.15. The first-order valence-corrected chi connectivity index (χ1v) is 6.33. The van der Waals surface area contributed by atoms with Crippen molar-refractivity contribution in [3.8, 4) is 0 Å². The van der Waals surface area contributed by atoms with E-state index in [2.05, 4.69) is 12.2 Å². The molecule has 1 heterocycles. The molecule has 4 heteroatoms. The van der Waals surface area contributed by atoms with Gasteiger partial charge in [0, 0.05) is 32.8 Å². The van der Waals surface area contributed by atoms with Crippen LogP contribution in [0.2, 0.25) is 0 Å². The first kappa shape index (κ1) is 13.1. The van der Waals surface area contributed by atoms with Crippen LogP contribution in [0, 0.1) is 0 Å². The average Bonchev–Trinajstić information content (AvgIpc) is 2.41. The van der Waals surface area contributed by atoms with Crippen molar-refractivity contribution < 1.29 is 9.53 Å². The summed E-state index contributed by atoms with van der Waals surface area (Å²) < 4.78 is 5.39. The molecule has 1 amide bonds. The normalized spacial score (nSPS) is 21.7. The lowest BCUT2D eigenvalue weighted by Gasteiger charge is -2.36. The lowest BCUT2D eigenvalue weighted by molar-refractivity contribution is -0.145. The highest BCUT2D eigenvalue weighted by molar-refractivity contribution is 5.82. The summed E-state index contributed by atoms with van der Waals surface area (Å²) in [7, 11) is 1.59. The van der Waals surface area contributed by atoms with Crippen molar-refractivity contribution in [2.24, 2.45) is 0 Å². The number of hydrogen-bond donors (Lipinski definition) is 1. The minimum Gasteiger partial charge on any atom is -0.367 e. The summed E-state index contributed by atoms with van der Waals surface area (Å²) in [6, 6.07) is 9.87. The van der Waals surface area contributed by atoms with Gasteiger partial charge in [0.25, 0.3) is 5.91 Å². The third-order valence-corrected chi connectivity index (χ3v) is 3.35. The van der Waals surface area contributed by atoms with E-state index in [1.165, 1.54) is 0 Å². The third kappa shape index (κ3) is 2.71. The van der Waals surface area contributed by atoms with Crippen LogP contribution in [-0.4, -0.2) is 43.6 Å². The number of carbonyl (C=O) groups excluding carboxylic acids is 1. The lowest BCUT2D eigenvalue weighted by atomic mass is 10.1. The Kier molecular flexibility index (Phi) is 4.33. The van der Waals surface area contributed by atoms with Crippen LogP contribution in [0.4, 0.5) is 0 Å². The number of piperazine rings is 1. The minimum atomic E-state index is -0.494. The standard InChI is InChI=1S/C14H20N2O2/c1-11-10-15-8-9-16(11)14(17)13(18-2)12-6-4-3-5-7-12/h3-7,11,13,15H,8-10H2,1-2H3/t11-,13?/m0/s1. The quantitative estimate of drug-likeness (QED) is 0.873. The summed E-state index contributed by atoms with van der Waals surface area (Å²) in [5.41, 5.74) is 0.913. The topological polar surface area (TPSA) is 41.6 Å². The number of amides is 1. The maximum Gasteiger partial charge on any atom is 0.256 e. The molecule has 1 aromatic rings. The van der Waals surface area contributed by atoms with E-state index in [-0.39, 0.29) is 11.9 Å². The third-order valence-electron chi connectivity index (χ3n) is 3.35. The predicted molar refractivity (Wildman–Crippen MR) is 70.2 cm³/mol. The van der Waals surface area contributed by atoms with Gasteiger partial charge in [0.05, 0.1) is 0 Å². The van der Waals surface area contributed by atoms with Crippen LogP contribution in [-0.2, 0) is 9.53 Å². The highest BCUT2D eigenvalue weighted by Crippen LogP contribution is 2.20. The Morgan fingerprint density at radius 1 is 1.44 bits per heavy atom. The molecule has 1 saturated heterocycles. The molecule has 1 N–H and O–H groups in total. The summed E-state index contributed by atoms with van der Waals surface area (Å²) in [6.07, 6.45) is -0.494. The second kappa shape index (κ2) is 5.98. The highest BCUT2D eigenvalue weighted by Gasteiger charge is 2.30. The van der Waals surface area contributed by atoms with E-state index in [1.807, 2.05) is 35.2 Å². The van der Waals surface area contributed by atoms with E-state index in [0.717, 1.165) is 25.2 Å². The fourth-order valence-electron chi connectivity index (χ4n) is 2.33. The Hall–Kier alpha value is -1.39. The van der Waals surface area contributed by atoms with Gasteiger partial charge in [0.2, 0.25) is 0 Å². The zero-order valence-electron chi connectivity index (χ0n) is 10.9. The number of carbonyl (C=O) groups is 1. The van der Waals surface area contributed by atoms with Crippen LogP contribution in [0.15, 0.2) is 30.3 Å². The van der Waals surface area contributed by atoms with Crippen molar-refractivity contribution in [3.05, 3.63) is 35.9 Å². The second-order valence-electron chi connectivity index (χ2n) is 4.61. The molecule has 1 unspecified atom stereocenters. The molecular formula is C14H20N2O2. The van der Waals surface area contributed by atoms with Gasteiger partial charge in [0.15, 0.2) is 6.10 Å². The van der Waals surface area contributed by atoms with Crippen molar-refractivity contribution in [3.63, 3.8) is 0 Å². The molecule has 0 saturated carbocycles. The molecule has 1 fully saturated rings. The van der Waals surface area contributed by atoms with Crippen LogP contribution in [0.5, 0.6) is 0 Å².